The fourth-order valence-corrected chi connectivity index (χ4v) is 0.930. The topological polar surface area (TPSA) is 66.8 Å². The van der Waals surface area contributed by atoms with Crippen LogP contribution in [-0.2, 0) is 9.53 Å². The van der Waals surface area contributed by atoms with Crippen molar-refractivity contribution in [2.45, 2.75) is 19.4 Å². The summed E-state index contributed by atoms with van der Waals surface area (Å²) >= 11 is 0. The summed E-state index contributed by atoms with van der Waals surface area (Å²) in [5.41, 5.74) is -1.05. The molecule has 0 unspecified atom stereocenters. The zero-order valence-corrected chi connectivity index (χ0v) is 6.42. The first kappa shape index (κ1) is 8.07. The fraction of sp³-hybridized carbons (Fsp3) is 0.571. The molecule has 2 N–H and O–H groups in total. The SMILES string of the molecule is CC1=C(O)[C@@](C)(CO)OC1=O. The van der Waals surface area contributed by atoms with Gasteiger partial charge in [0.1, 0.15) is 5.76 Å². The molecule has 1 heterocycles. The van der Waals surface area contributed by atoms with Gasteiger partial charge in [-0.2, -0.15) is 0 Å². The normalized spacial score (nSPS) is 31.0. The Labute approximate surface area is 64.1 Å². The minimum Gasteiger partial charge on any atom is -0.507 e. The van der Waals surface area contributed by atoms with E-state index in [-0.39, 0.29) is 11.3 Å². The lowest BCUT2D eigenvalue weighted by molar-refractivity contribution is -0.149. The highest BCUT2D eigenvalue weighted by molar-refractivity contribution is 5.91. The largest absolute Gasteiger partial charge is 0.507 e. The van der Waals surface area contributed by atoms with E-state index < -0.39 is 18.2 Å². The highest BCUT2D eigenvalue weighted by Gasteiger charge is 2.42. The lowest BCUT2D eigenvalue weighted by Crippen LogP contribution is -2.32. The minimum atomic E-state index is -1.22. The Hall–Kier alpha value is -1.03. The van der Waals surface area contributed by atoms with Gasteiger partial charge >= 0.3 is 5.97 Å². The smallest absolute Gasteiger partial charge is 0.338 e. The van der Waals surface area contributed by atoms with Crippen molar-refractivity contribution in [2.75, 3.05) is 6.61 Å². The number of aliphatic hydroxyl groups is 2. The Balaban J connectivity index is 3.03. The van der Waals surface area contributed by atoms with E-state index >= 15 is 0 Å². The molecule has 4 nitrogen and oxygen atoms in total. The Morgan fingerprint density at radius 1 is 1.64 bits per heavy atom. The number of cyclic esters (lactones) is 1. The number of rotatable bonds is 1. The minimum absolute atomic E-state index is 0.168. The van der Waals surface area contributed by atoms with Crippen LogP contribution >= 0.6 is 0 Å². The molecule has 0 amide bonds. The van der Waals surface area contributed by atoms with E-state index in [0.29, 0.717) is 0 Å². The Kier molecular flexibility index (Phi) is 1.64. The molecular formula is C7H10O4. The molecule has 0 saturated carbocycles. The second-order valence-electron chi connectivity index (χ2n) is 2.75. The molecule has 4 heteroatoms. The first-order chi connectivity index (χ1) is 5.01. The molecule has 0 aromatic heterocycles. The van der Waals surface area contributed by atoms with Gasteiger partial charge < -0.3 is 14.9 Å². The Bertz CT molecular complexity index is 231. The van der Waals surface area contributed by atoms with Crippen molar-refractivity contribution in [3.8, 4) is 0 Å². The van der Waals surface area contributed by atoms with Gasteiger partial charge in [0.25, 0.3) is 0 Å². The third kappa shape index (κ3) is 0.991. The molecule has 0 aromatic rings. The molecule has 1 atom stereocenters. The molecule has 1 rings (SSSR count). The van der Waals surface area contributed by atoms with Crippen LogP contribution in [0.2, 0.25) is 0 Å². The predicted octanol–water partition coefficient (Wildman–Crippen LogP) is 0.126. The standard InChI is InChI=1S/C7H10O4/c1-4-5(9)7(2,3-8)11-6(4)10/h8-9H,3H2,1-2H3/t7-/m1/s1. The number of ether oxygens (including phenoxy) is 1. The van der Waals surface area contributed by atoms with Crippen molar-refractivity contribution < 1.29 is 19.7 Å². The molecular weight excluding hydrogens is 148 g/mol. The second kappa shape index (κ2) is 2.23. The van der Waals surface area contributed by atoms with Crippen LogP contribution in [0.4, 0.5) is 0 Å². The predicted molar refractivity (Wildman–Crippen MR) is 36.9 cm³/mol. The molecule has 11 heavy (non-hydrogen) atoms. The summed E-state index contributed by atoms with van der Waals surface area (Å²) in [5.74, 6) is -0.746. The van der Waals surface area contributed by atoms with E-state index in [4.69, 9.17) is 9.84 Å². The van der Waals surface area contributed by atoms with E-state index in [9.17, 15) is 9.90 Å². The number of esters is 1. The number of hydrogen-bond donors (Lipinski definition) is 2. The van der Waals surface area contributed by atoms with E-state index in [2.05, 4.69) is 0 Å². The molecule has 0 aliphatic carbocycles. The maximum Gasteiger partial charge on any atom is 0.338 e. The maximum atomic E-state index is 10.8. The van der Waals surface area contributed by atoms with Crippen LogP contribution in [0.25, 0.3) is 0 Å². The number of aliphatic hydroxyl groups excluding tert-OH is 2. The van der Waals surface area contributed by atoms with Gasteiger partial charge in [-0.15, -0.1) is 0 Å². The summed E-state index contributed by atoms with van der Waals surface area (Å²) in [6.07, 6.45) is 0. The van der Waals surface area contributed by atoms with E-state index in [1.165, 1.54) is 13.8 Å². The zero-order valence-electron chi connectivity index (χ0n) is 6.42. The quantitative estimate of drug-likeness (QED) is 0.532. The first-order valence-electron chi connectivity index (χ1n) is 3.26. The van der Waals surface area contributed by atoms with Crippen LogP contribution in [0.15, 0.2) is 11.3 Å². The third-order valence-electron chi connectivity index (χ3n) is 1.78. The molecule has 0 saturated heterocycles. The summed E-state index contributed by atoms with van der Waals surface area (Å²) < 4.78 is 4.71. The second-order valence-corrected chi connectivity index (χ2v) is 2.75. The van der Waals surface area contributed by atoms with Crippen LogP contribution in [-0.4, -0.2) is 28.4 Å². The van der Waals surface area contributed by atoms with Gasteiger partial charge in [0.05, 0.1) is 12.2 Å². The van der Waals surface area contributed by atoms with Crippen molar-refractivity contribution in [2.24, 2.45) is 0 Å². The van der Waals surface area contributed by atoms with Gasteiger partial charge in [0.15, 0.2) is 5.60 Å². The monoisotopic (exact) mass is 158 g/mol. The molecule has 0 aromatic carbocycles. The van der Waals surface area contributed by atoms with Crippen molar-refractivity contribution >= 4 is 5.97 Å². The van der Waals surface area contributed by atoms with Crippen molar-refractivity contribution in [1.82, 2.24) is 0 Å². The van der Waals surface area contributed by atoms with Crippen LogP contribution < -0.4 is 0 Å². The highest BCUT2D eigenvalue weighted by atomic mass is 16.6. The van der Waals surface area contributed by atoms with Gasteiger partial charge in [-0.25, -0.2) is 4.79 Å². The molecule has 0 radical (unpaired) electrons. The lowest BCUT2D eigenvalue weighted by atomic mass is 10.1. The molecule has 0 fully saturated rings. The molecule has 0 spiro atoms. The number of carbonyl (C=O) groups is 1. The third-order valence-corrected chi connectivity index (χ3v) is 1.78. The summed E-state index contributed by atoms with van der Waals surface area (Å²) in [5, 5.41) is 18.0. The maximum absolute atomic E-state index is 10.8. The molecule has 62 valence electrons. The van der Waals surface area contributed by atoms with E-state index in [0.717, 1.165) is 0 Å². The van der Waals surface area contributed by atoms with E-state index in [1.54, 1.807) is 0 Å². The first-order valence-corrected chi connectivity index (χ1v) is 3.26. The Morgan fingerprint density at radius 3 is 2.36 bits per heavy atom. The lowest BCUT2D eigenvalue weighted by Gasteiger charge is -2.19. The van der Waals surface area contributed by atoms with Crippen molar-refractivity contribution in [3.63, 3.8) is 0 Å². The molecule has 1 aliphatic rings. The fourth-order valence-electron chi connectivity index (χ4n) is 0.930. The van der Waals surface area contributed by atoms with Crippen molar-refractivity contribution in [1.29, 1.82) is 0 Å². The van der Waals surface area contributed by atoms with Crippen LogP contribution in [0, 0.1) is 0 Å². The van der Waals surface area contributed by atoms with Crippen LogP contribution in [0.1, 0.15) is 13.8 Å². The highest BCUT2D eigenvalue weighted by Crippen LogP contribution is 2.29. The van der Waals surface area contributed by atoms with E-state index in [1.807, 2.05) is 0 Å². The summed E-state index contributed by atoms with van der Waals surface area (Å²) in [7, 11) is 0. The van der Waals surface area contributed by atoms with Gasteiger partial charge in [-0.05, 0) is 13.8 Å². The summed E-state index contributed by atoms with van der Waals surface area (Å²) in [6, 6.07) is 0. The average molecular weight is 158 g/mol. The van der Waals surface area contributed by atoms with Crippen LogP contribution in [0.5, 0.6) is 0 Å². The van der Waals surface area contributed by atoms with Gasteiger partial charge in [0, 0.05) is 0 Å². The molecule has 0 bridgehead atoms. The van der Waals surface area contributed by atoms with Crippen molar-refractivity contribution in [3.05, 3.63) is 11.3 Å². The number of carbonyl (C=O) groups excluding carboxylic acids is 1. The van der Waals surface area contributed by atoms with Gasteiger partial charge in [-0.1, -0.05) is 0 Å². The van der Waals surface area contributed by atoms with Gasteiger partial charge in [0.2, 0.25) is 0 Å². The zero-order chi connectivity index (χ0) is 8.65. The summed E-state index contributed by atoms with van der Waals surface area (Å²) in [6.45, 7) is 2.51. The Morgan fingerprint density at radius 2 is 2.18 bits per heavy atom. The average Bonchev–Trinajstić information content (AvgIpc) is 2.17. The number of hydrogen-bond acceptors (Lipinski definition) is 4. The molecule has 1 aliphatic heterocycles. The summed E-state index contributed by atoms with van der Waals surface area (Å²) in [4.78, 5) is 10.8. The van der Waals surface area contributed by atoms with Gasteiger partial charge in [-0.3, -0.25) is 0 Å². The van der Waals surface area contributed by atoms with Crippen LogP contribution in [0.3, 0.4) is 0 Å².